The number of benzene rings is 1. The number of carboxylic acids is 1. The van der Waals surface area contributed by atoms with E-state index in [4.69, 9.17) is 9.84 Å². The van der Waals surface area contributed by atoms with Crippen molar-refractivity contribution in [3.8, 4) is 5.75 Å². The van der Waals surface area contributed by atoms with Gasteiger partial charge in [0, 0.05) is 11.8 Å². The molecule has 0 heterocycles. The third-order valence-electron chi connectivity index (χ3n) is 2.67. The Hall–Kier alpha value is -1.71. The Morgan fingerprint density at radius 3 is 2.75 bits per heavy atom. The highest BCUT2D eigenvalue weighted by Crippen LogP contribution is 2.22. The summed E-state index contributed by atoms with van der Waals surface area (Å²) < 4.78 is 5.08. The minimum atomic E-state index is -0.952. The van der Waals surface area contributed by atoms with Gasteiger partial charge in [0.05, 0.1) is 7.11 Å². The number of aliphatic carboxylic acids is 1. The van der Waals surface area contributed by atoms with Gasteiger partial charge in [-0.2, -0.15) is 0 Å². The quantitative estimate of drug-likeness (QED) is 0.804. The van der Waals surface area contributed by atoms with Gasteiger partial charge >= 0.3 is 5.97 Å². The summed E-state index contributed by atoms with van der Waals surface area (Å²) in [5, 5.41) is 12.1. The zero-order valence-electron chi connectivity index (χ0n) is 9.78. The van der Waals surface area contributed by atoms with Crippen LogP contribution in [0.5, 0.6) is 5.75 Å². The van der Waals surface area contributed by atoms with Gasteiger partial charge in [-0.05, 0) is 25.5 Å². The van der Waals surface area contributed by atoms with Crippen molar-refractivity contribution in [1.82, 2.24) is 0 Å². The molecule has 1 aromatic carbocycles. The molecule has 88 valence electrons. The molecule has 0 aromatic heterocycles. The Morgan fingerprint density at radius 2 is 2.25 bits per heavy atom. The molecule has 0 aliphatic heterocycles. The first-order valence-electron chi connectivity index (χ1n) is 5.17. The van der Waals surface area contributed by atoms with Crippen LogP contribution in [0.25, 0.3) is 0 Å². The fraction of sp³-hybridized carbons (Fsp3) is 0.417. The SMILES string of the molecule is CCC(C)(Nc1cccc(OC)c1)C(=O)O. The minimum absolute atomic E-state index is 0.500. The van der Waals surface area contributed by atoms with Crippen molar-refractivity contribution in [2.45, 2.75) is 25.8 Å². The van der Waals surface area contributed by atoms with E-state index in [9.17, 15) is 4.79 Å². The van der Waals surface area contributed by atoms with Crippen molar-refractivity contribution in [1.29, 1.82) is 0 Å². The van der Waals surface area contributed by atoms with Crippen molar-refractivity contribution in [3.05, 3.63) is 24.3 Å². The lowest BCUT2D eigenvalue weighted by Crippen LogP contribution is -2.42. The van der Waals surface area contributed by atoms with Crippen molar-refractivity contribution in [3.63, 3.8) is 0 Å². The first-order valence-corrected chi connectivity index (χ1v) is 5.17. The van der Waals surface area contributed by atoms with E-state index in [-0.39, 0.29) is 0 Å². The highest BCUT2D eigenvalue weighted by molar-refractivity contribution is 5.82. The molecule has 0 bridgehead atoms. The molecule has 0 fully saturated rings. The van der Waals surface area contributed by atoms with E-state index in [0.29, 0.717) is 12.2 Å². The smallest absolute Gasteiger partial charge is 0.329 e. The third kappa shape index (κ3) is 2.66. The molecule has 16 heavy (non-hydrogen) atoms. The number of hydrogen-bond donors (Lipinski definition) is 2. The van der Waals surface area contributed by atoms with Crippen molar-refractivity contribution in [2.75, 3.05) is 12.4 Å². The molecule has 0 amide bonds. The number of ether oxygens (including phenoxy) is 1. The number of anilines is 1. The standard InChI is InChI=1S/C12H17NO3/c1-4-12(2,11(14)15)13-9-6-5-7-10(8-9)16-3/h5-8,13H,4H2,1-3H3,(H,14,15). The summed E-state index contributed by atoms with van der Waals surface area (Å²) in [6.45, 7) is 3.50. The van der Waals surface area contributed by atoms with Crippen LogP contribution in [0.4, 0.5) is 5.69 Å². The van der Waals surface area contributed by atoms with Gasteiger partial charge in [-0.25, -0.2) is 4.79 Å². The average Bonchev–Trinajstić information content (AvgIpc) is 2.29. The average molecular weight is 223 g/mol. The minimum Gasteiger partial charge on any atom is -0.497 e. The van der Waals surface area contributed by atoms with E-state index in [0.717, 1.165) is 5.69 Å². The van der Waals surface area contributed by atoms with Crippen molar-refractivity contribution in [2.24, 2.45) is 0 Å². The van der Waals surface area contributed by atoms with Gasteiger partial charge in [-0.3, -0.25) is 0 Å². The van der Waals surface area contributed by atoms with Gasteiger partial charge < -0.3 is 15.2 Å². The molecule has 0 spiro atoms. The Labute approximate surface area is 95.2 Å². The van der Waals surface area contributed by atoms with E-state index >= 15 is 0 Å². The molecule has 1 unspecified atom stereocenters. The molecule has 0 aliphatic carbocycles. The zero-order valence-corrected chi connectivity index (χ0v) is 9.78. The highest BCUT2D eigenvalue weighted by atomic mass is 16.5. The maximum atomic E-state index is 11.1. The molecule has 2 N–H and O–H groups in total. The van der Waals surface area contributed by atoms with Crippen molar-refractivity contribution >= 4 is 11.7 Å². The normalized spacial score (nSPS) is 13.9. The van der Waals surface area contributed by atoms with Gasteiger partial charge in [0.1, 0.15) is 11.3 Å². The number of carboxylic acid groups (broad SMARTS) is 1. The van der Waals surface area contributed by atoms with Gasteiger partial charge in [-0.1, -0.05) is 13.0 Å². The van der Waals surface area contributed by atoms with Crippen LogP contribution in [0.2, 0.25) is 0 Å². The predicted octanol–water partition coefficient (Wildman–Crippen LogP) is 2.36. The fourth-order valence-corrected chi connectivity index (χ4v) is 1.31. The monoisotopic (exact) mass is 223 g/mol. The van der Waals surface area contributed by atoms with Crippen LogP contribution in [0.15, 0.2) is 24.3 Å². The van der Waals surface area contributed by atoms with Crippen LogP contribution in [0.1, 0.15) is 20.3 Å². The maximum absolute atomic E-state index is 11.1. The Bertz CT molecular complexity index is 378. The molecule has 4 heteroatoms. The summed E-state index contributed by atoms with van der Waals surface area (Å²) in [6.07, 6.45) is 0.500. The summed E-state index contributed by atoms with van der Waals surface area (Å²) in [6, 6.07) is 7.23. The largest absolute Gasteiger partial charge is 0.497 e. The van der Waals surface area contributed by atoms with Crippen LogP contribution in [0.3, 0.4) is 0 Å². The second-order valence-electron chi connectivity index (χ2n) is 3.85. The zero-order chi connectivity index (χ0) is 12.2. The van der Waals surface area contributed by atoms with E-state index in [1.54, 1.807) is 20.1 Å². The lowest BCUT2D eigenvalue weighted by Gasteiger charge is -2.26. The fourth-order valence-electron chi connectivity index (χ4n) is 1.31. The second kappa shape index (κ2) is 4.88. The topological polar surface area (TPSA) is 58.6 Å². The van der Waals surface area contributed by atoms with E-state index < -0.39 is 11.5 Å². The number of methoxy groups -OCH3 is 1. The Morgan fingerprint density at radius 1 is 1.56 bits per heavy atom. The number of carbonyl (C=O) groups is 1. The Kier molecular flexibility index (Phi) is 3.77. The van der Waals surface area contributed by atoms with Gasteiger partial charge in [-0.15, -0.1) is 0 Å². The number of hydrogen-bond acceptors (Lipinski definition) is 3. The summed E-state index contributed by atoms with van der Waals surface area (Å²) in [7, 11) is 1.58. The molecular weight excluding hydrogens is 206 g/mol. The third-order valence-corrected chi connectivity index (χ3v) is 2.67. The van der Waals surface area contributed by atoms with E-state index in [2.05, 4.69) is 5.32 Å². The molecule has 1 atom stereocenters. The molecule has 0 saturated carbocycles. The van der Waals surface area contributed by atoms with E-state index in [1.165, 1.54) is 0 Å². The Balaban J connectivity index is 2.90. The van der Waals surface area contributed by atoms with Crippen LogP contribution in [-0.4, -0.2) is 23.7 Å². The molecule has 1 aromatic rings. The van der Waals surface area contributed by atoms with Crippen LogP contribution >= 0.6 is 0 Å². The van der Waals surface area contributed by atoms with Crippen LogP contribution < -0.4 is 10.1 Å². The number of nitrogens with one attached hydrogen (secondary N) is 1. The molecule has 0 aliphatic rings. The van der Waals surface area contributed by atoms with Crippen molar-refractivity contribution < 1.29 is 14.6 Å². The molecular formula is C12H17NO3. The predicted molar refractivity (Wildman–Crippen MR) is 62.9 cm³/mol. The summed E-state index contributed by atoms with van der Waals surface area (Å²) in [5.41, 5.74) is -0.210. The van der Waals surface area contributed by atoms with Crippen LogP contribution in [0, 0.1) is 0 Å². The lowest BCUT2D eigenvalue weighted by atomic mass is 9.99. The lowest BCUT2D eigenvalue weighted by molar-refractivity contribution is -0.141. The molecule has 4 nitrogen and oxygen atoms in total. The van der Waals surface area contributed by atoms with Gasteiger partial charge in [0.15, 0.2) is 0 Å². The maximum Gasteiger partial charge on any atom is 0.329 e. The summed E-state index contributed by atoms with van der Waals surface area (Å²) in [4.78, 5) is 11.1. The molecule has 0 radical (unpaired) electrons. The highest BCUT2D eigenvalue weighted by Gasteiger charge is 2.30. The number of rotatable bonds is 5. The summed E-state index contributed by atoms with van der Waals surface area (Å²) >= 11 is 0. The molecule has 1 rings (SSSR count). The summed E-state index contributed by atoms with van der Waals surface area (Å²) in [5.74, 6) is -0.160. The second-order valence-corrected chi connectivity index (χ2v) is 3.85. The first kappa shape index (κ1) is 12.4. The first-order chi connectivity index (χ1) is 7.51. The van der Waals surface area contributed by atoms with Crippen LogP contribution in [-0.2, 0) is 4.79 Å². The van der Waals surface area contributed by atoms with E-state index in [1.807, 2.05) is 25.1 Å². The van der Waals surface area contributed by atoms with Gasteiger partial charge in [0.25, 0.3) is 0 Å². The van der Waals surface area contributed by atoms with Gasteiger partial charge in [0.2, 0.25) is 0 Å². The molecule has 0 saturated heterocycles.